The Kier molecular flexibility index (Phi) is 3.98. The summed E-state index contributed by atoms with van der Waals surface area (Å²) in [6.45, 7) is 2.15. The van der Waals surface area contributed by atoms with E-state index in [2.05, 4.69) is 15.9 Å². The lowest BCUT2D eigenvalue weighted by Crippen LogP contribution is -2.43. The number of rotatable bonds is 3. The van der Waals surface area contributed by atoms with Gasteiger partial charge < -0.3 is 5.73 Å². The predicted octanol–water partition coefficient (Wildman–Crippen LogP) is 1.40. The number of nitrogens with zero attached hydrogens (tertiary/aromatic N) is 1. The van der Waals surface area contributed by atoms with Crippen molar-refractivity contribution >= 4 is 31.9 Å². The Balaban J connectivity index is 2.44. The molecule has 19 heavy (non-hydrogen) atoms. The molecule has 1 aromatic carbocycles. The van der Waals surface area contributed by atoms with Crippen molar-refractivity contribution in [2.45, 2.75) is 30.7 Å². The van der Waals surface area contributed by atoms with E-state index in [9.17, 15) is 13.2 Å². The van der Waals surface area contributed by atoms with Crippen molar-refractivity contribution in [2.24, 2.45) is 5.73 Å². The van der Waals surface area contributed by atoms with Crippen molar-refractivity contribution in [3.05, 3.63) is 28.2 Å². The maximum Gasteiger partial charge on any atom is 0.243 e. The maximum absolute atomic E-state index is 12.6. The minimum absolute atomic E-state index is 0.188. The van der Waals surface area contributed by atoms with Gasteiger partial charge in [-0.05, 0) is 43.5 Å². The van der Waals surface area contributed by atoms with Crippen LogP contribution in [0.15, 0.2) is 27.6 Å². The van der Waals surface area contributed by atoms with Crippen LogP contribution in [0.3, 0.4) is 0 Å². The molecule has 0 spiro atoms. The van der Waals surface area contributed by atoms with E-state index in [1.807, 2.05) is 13.0 Å². The number of nitrogens with two attached hydrogens (primary N) is 1. The molecular weight excluding hydrogens is 332 g/mol. The first-order chi connectivity index (χ1) is 8.82. The van der Waals surface area contributed by atoms with Crippen LogP contribution in [0.1, 0.15) is 18.4 Å². The van der Waals surface area contributed by atoms with Crippen LogP contribution in [0, 0.1) is 6.92 Å². The molecule has 1 aliphatic rings. The average molecular weight is 347 g/mol. The van der Waals surface area contributed by atoms with Gasteiger partial charge >= 0.3 is 0 Å². The molecule has 1 heterocycles. The SMILES string of the molecule is Cc1cc(Br)cc(S(=O)(=O)N2CCCC2C(N)=O)c1. The van der Waals surface area contributed by atoms with Gasteiger partial charge in [0.15, 0.2) is 0 Å². The predicted molar refractivity (Wildman–Crippen MR) is 75.0 cm³/mol. The van der Waals surface area contributed by atoms with E-state index in [1.165, 1.54) is 4.31 Å². The molecule has 0 saturated carbocycles. The quantitative estimate of drug-likeness (QED) is 0.897. The number of hydrogen-bond donors (Lipinski definition) is 1. The normalized spacial score (nSPS) is 20.6. The molecule has 7 heteroatoms. The number of carbonyl (C=O) groups is 1. The molecule has 104 valence electrons. The van der Waals surface area contributed by atoms with Crippen molar-refractivity contribution in [1.82, 2.24) is 4.31 Å². The van der Waals surface area contributed by atoms with Crippen molar-refractivity contribution in [1.29, 1.82) is 0 Å². The zero-order valence-corrected chi connectivity index (χ0v) is 12.9. The number of aryl methyl sites for hydroxylation is 1. The lowest BCUT2D eigenvalue weighted by atomic mass is 10.2. The molecule has 0 bridgehead atoms. The molecule has 2 rings (SSSR count). The third-order valence-electron chi connectivity index (χ3n) is 3.15. The maximum atomic E-state index is 12.6. The Morgan fingerprint density at radius 1 is 1.42 bits per heavy atom. The summed E-state index contributed by atoms with van der Waals surface area (Å²) in [5, 5.41) is 0. The Bertz CT molecular complexity index is 595. The highest BCUT2D eigenvalue weighted by atomic mass is 79.9. The second-order valence-electron chi connectivity index (χ2n) is 4.64. The fourth-order valence-corrected chi connectivity index (χ4v) is 4.85. The van der Waals surface area contributed by atoms with Crippen LogP contribution in [0.4, 0.5) is 0 Å². The standard InChI is InChI=1S/C12H15BrN2O3S/c1-8-5-9(13)7-10(6-8)19(17,18)15-4-2-3-11(15)12(14)16/h5-7,11H,2-4H2,1H3,(H2,14,16). The Labute approximate surface area is 121 Å². The molecule has 0 aromatic heterocycles. The number of amides is 1. The molecular formula is C12H15BrN2O3S. The number of halogens is 1. The van der Waals surface area contributed by atoms with Gasteiger partial charge in [-0.1, -0.05) is 15.9 Å². The van der Waals surface area contributed by atoms with Crippen molar-refractivity contribution in [2.75, 3.05) is 6.54 Å². The van der Waals surface area contributed by atoms with Crippen LogP contribution in [-0.4, -0.2) is 31.2 Å². The molecule has 2 N–H and O–H groups in total. The van der Waals surface area contributed by atoms with Gasteiger partial charge in [0.1, 0.15) is 6.04 Å². The van der Waals surface area contributed by atoms with E-state index in [0.717, 1.165) is 5.56 Å². The highest BCUT2D eigenvalue weighted by molar-refractivity contribution is 9.10. The van der Waals surface area contributed by atoms with Gasteiger partial charge in [-0.15, -0.1) is 0 Å². The summed E-state index contributed by atoms with van der Waals surface area (Å²) in [5.41, 5.74) is 6.10. The second-order valence-corrected chi connectivity index (χ2v) is 7.45. The van der Waals surface area contributed by atoms with Gasteiger partial charge in [0.05, 0.1) is 4.90 Å². The van der Waals surface area contributed by atoms with Gasteiger partial charge in [-0.3, -0.25) is 4.79 Å². The Hall–Kier alpha value is -0.920. The first kappa shape index (κ1) is 14.5. The molecule has 1 aliphatic heterocycles. The number of benzene rings is 1. The van der Waals surface area contributed by atoms with Gasteiger partial charge in [0.2, 0.25) is 15.9 Å². The highest BCUT2D eigenvalue weighted by Crippen LogP contribution is 2.28. The third kappa shape index (κ3) is 2.82. The van der Waals surface area contributed by atoms with Crippen LogP contribution in [0.5, 0.6) is 0 Å². The van der Waals surface area contributed by atoms with Gasteiger partial charge in [-0.2, -0.15) is 4.31 Å². The molecule has 1 aromatic rings. The van der Waals surface area contributed by atoms with E-state index >= 15 is 0 Å². The fraction of sp³-hybridized carbons (Fsp3) is 0.417. The lowest BCUT2D eigenvalue weighted by Gasteiger charge is -2.22. The summed E-state index contributed by atoms with van der Waals surface area (Å²) in [7, 11) is -3.68. The molecule has 1 atom stereocenters. The minimum Gasteiger partial charge on any atom is -0.368 e. The monoisotopic (exact) mass is 346 g/mol. The van der Waals surface area contributed by atoms with Crippen LogP contribution in [0.2, 0.25) is 0 Å². The largest absolute Gasteiger partial charge is 0.368 e. The summed E-state index contributed by atoms with van der Waals surface area (Å²) in [6.07, 6.45) is 1.14. The first-order valence-corrected chi connectivity index (χ1v) is 8.14. The average Bonchev–Trinajstić information content (AvgIpc) is 2.76. The third-order valence-corrected chi connectivity index (χ3v) is 5.50. The summed E-state index contributed by atoms with van der Waals surface area (Å²) in [4.78, 5) is 11.5. The van der Waals surface area contributed by atoms with Crippen LogP contribution >= 0.6 is 15.9 Å². The lowest BCUT2D eigenvalue weighted by molar-refractivity contribution is -0.121. The molecule has 1 unspecified atom stereocenters. The highest BCUT2D eigenvalue weighted by Gasteiger charge is 2.38. The summed E-state index contributed by atoms with van der Waals surface area (Å²) in [6, 6.07) is 4.23. The topological polar surface area (TPSA) is 80.5 Å². The van der Waals surface area contributed by atoms with Crippen LogP contribution < -0.4 is 5.73 Å². The molecule has 0 radical (unpaired) electrons. The van der Waals surface area contributed by atoms with Gasteiger partial charge in [-0.25, -0.2) is 8.42 Å². The Morgan fingerprint density at radius 3 is 2.68 bits per heavy atom. The first-order valence-electron chi connectivity index (χ1n) is 5.91. The molecule has 1 fully saturated rings. The number of carbonyl (C=O) groups excluding carboxylic acids is 1. The molecule has 1 amide bonds. The smallest absolute Gasteiger partial charge is 0.243 e. The van der Waals surface area contributed by atoms with Crippen LogP contribution in [-0.2, 0) is 14.8 Å². The number of sulfonamides is 1. The molecule has 5 nitrogen and oxygen atoms in total. The minimum atomic E-state index is -3.68. The van der Waals surface area contributed by atoms with Crippen molar-refractivity contribution in [3.8, 4) is 0 Å². The summed E-state index contributed by atoms with van der Waals surface area (Å²) >= 11 is 3.28. The number of primary amides is 1. The van der Waals surface area contributed by atoms with E-state index in [-0.39, 0.29) is 4.90 Å². The second kappa shape index (κ2) is 5.22. The van der Waals surface area contributed by atoms with Crippen molar-refractivity contribution in [3.63, 3.8) is 0 Å². The van der Waals surface area contributed by atoms with Gasteiger partial charge in [0.25, 0.3) is 0 Å². The molecule has 1 saturated heterocycles. The zero-order chi connectivity index (χ0) is 14.2. The van der Waals surface area contributed by atoms with E-state index in [0.29, 0.717) is 23.9 Å². The number of hydrogen-bond acceptors (Lipinski definition) is 3. The summed E-state index contributed by atoms with van der Waals surface area (Å²) < 4.78 is 27.0. The molecule has 0 aliphatic carbocycles. The summed E-state index contributed by atoms with van der Waals surface area (Å²) in [5.74, 6) is -0.590. The van der Waals surface area contributed by atoms with E-state index in [1.54, 1.807) is 12.1 Å². The fourth-order valence-electron chi connectivity index (χ4n) is 2.30. The van der Waals surface area contributed by atoms with E-state index < -0.39 is 22.0 Å². The van der Waals surface area contributed by atoms with Crippen molar-refractivity contribution < 1.29 is 13.2 Å². The van der Waals surface area contributed by atoms with E-state index in [4.69, 9.17) is 5.73 Å². The zero-order valence-electron chi connectivity index (χ0n) is 10.5. The van der Waals surface area contributed by atoms with Crippen LogP contribution in [0.25, 0.3) is 0 Å². The van der Waals surface area contributed by atoms with Gasteiger partial charge in [0, 0.05) is 11.0 Å². The Morgan fingerprint density at radius 2 is 2.11 bits per heavy atom.